The van der Waals surface area contributed by atoms with E-state index in [1.165, 1.54) is 5.56 Å². The number of rotatable bonds is 8. The minimum atomic E-state index is -0.882. The predicted molar refractivity (Wildman–Crippen MR) is 104 cm³/mol. The van der Waals surface area contributed by atoms with Crippen LogP contribution in [-0.2, 0) is 16.0 Å². The SMILES string of the molecule is CC(C)c1ccc(-c2noc(CCC(=O)NC3(CC(=O)O)CCCC3)n2)cc1. The lowest BCUT2D eigenvalue weighted by molar-refractivity contribution is -0.139. The average molecular weight is 385 g/mol. The molecule has 2 aromatic rings. The van der Waals surface area contributed by atoms with Gasteiger partial charge in [-0.2, -0.15) is 4.98 Å². The van der Waals surface area contributed by atoms with Gasteiger partial charge in [-0.25, -0.2) is 0 Å². The molecule has 0 aliphatic heterocycles. The molecule has 7 nitrogen and oxygen atoms in total. The van der Waals surface area contributed by atoms with Gasteiger partial charge in [0.1, 0.15) is 0 Å². The number of carboxylic acid groups (broad SMARTS) is 1. The molecule has 7 heteroatoms. The number of carbonyl (C=O) groups excluding carboxylic acids is 1. The molecule has 1 fully saturated rings. The summed E-state index contributed by atoms with van der Waals surface area (Å²) in [7, 11) is 0. The van der Waals surface area contributed by atoms with Crippen molar-refractivity contribution in [3.8, 4) is 11.4 Å². The highest BCUT2D eigenvalue weighted by atomic mass is 16.5. The van der Waals surface area contributed by atoms with E-state index in [1.807, 2.05) is 24.3 Å². The molecule has 0 unspecified atom stereocenters. The van der Waals surface area contributed by atoms with E-state index in [2.05, 4.69) is 29.3 Å². The quantitative estimate of drug-likeness (QED) is 0.718. The van der Waals surface area contributed by atoms with Gasteiger partial charge < -0.3 is 14.9 Å². The van der Waals surface area contributed by atoms with Crippen LogP contribution in [-0.4, -0.2) is 32.7 Å². The lowest BCUT2D eigenvalue weighted by atomic mass is 9.93. The summed E-state index contributed by atoms with van der Waals surface area (Å²) in [6.45, 7) is 4.28. The number of aliphatic carboxylic acids is 1. The number of hydrogen-bond acceptors (Lipinski definition) is 5. The highest BCUT2D eigenvalue weighted by Gasteiger charge is 2.37. The van der Waals surface area contributed by atoms with Crippen LogP contribution in [0.15, 0.2) is 28.8 Å². The minimum Gasteiger partial charge on any atom is -0.481 e. The van der Waals surface area contributed by atoms with E-state index in [0.717, 1.165) is 18.4 Å². The van der Waals surface area contributed by atoms with E-state index >= 15 is 0 Å². The summed E-state index contributed by atoms with van der Waals surface area (Å²) in [5.41, 5.74) is 1.50. The Hall–Kier alpha value is -2.70. The fourth-order valence-corrected chi connectivity index (χ4v) is 3.76. The molecule has 1 aromatic heterocycles. The van der Waals surface area contributed by atoms with Crippen molar-refractivity contribution in [2.75, 3.05) is 0 Å². The van der Waals surface area contributed by atoms with E-state index in [0.29, 0.717) is 36.9 Å². The third kappa shape index (κ3) is 4.97. The smallest absolute Gasteiger partial charge is 0.305 e. The first-order valence-corrected chi connectivity index (χ1v) is 9.83. The Kier molecular flexibility index (Phi) is 6.11. The number of nitrogens with zero attached hydrogens (tertiary/aromatic N) is 2. The highest BCUT2D eigenvalue weighted by molar-refractivity contribution is 5.78. The molecule has 1 aliphatic rings. The number of carboxylic acids is 1. The van der Waals surface area contributed by atoms with Crippen LogP contribution in [0.3, 0.4) is 0 Å². The monoisotopic (exact) mass is 385 g/mol. The fourth-order valence-electron chi connectivity index (χ4n) is 3.76. The summed E-state index contributed by atoms with van der Waals surface area (Å²) in [6, 6.07) is 8.03. The molecule has 0 radical (unpaired) electrons. The standard InChI is InChI=1S/C21H27N3O4/c1-14(2)15-5-7-16(8-6-15)20-22-18(28-24-20)10-9-17(25)23-21(13-19(26)27)11-3-4-12-21/h5-8,14H,3-4,9-13H2,1-2H3,(H,23,25)(H,26,27). The molecule has 3 rings (SSSR count). The largest absolute Gasteiger partial charge is 0.481 e. The maximum atomic E-state index is 12.3. The lowest BCUT2D eigenvalue weighted by Gasteiger charge is -2.28. The van der Waals surface area contributed by atoms with Crippen molar-refractivity contribution in [1.82, 2.24) is 15.5 Å². The Morgan fingerprint density at radius 1 is 1.21 bits per heavy atom. The van der Waals surface area contributed by atoms with E-state index in [-0.39, 0.29) is 18.7 Å². The zero-order valence-electron chi connectivity index (χ0n) is 16.4. The van der Waals surface area contributed by atoms with Crippen LogP contribution in [0.2, 0.25) is 0 Å². The van der Waals surface area contributed by atoms with Crippen LogP contribution in [0.5, 0.6) is 0 Å². The van der Waals surface area contributed by atoms with Crippen molar-refractivity contribution in [2.45, 2.75) is 70.3 Å². The first-order chi connectivity index (χ1) is 13.4. The molecule has 1 aliphatic carbocycles. The number of amides is 1. The van der Waals surface area contributed by atoms with Gasteiger partial charge in [-0.3, -0.25) is 9.59 Å². The van der Waals surface area contributed by atoms with Gasteiger partial charge in [0.05, 0.1) is 12.0 Å². The Morgan fingerprint density at radius 3 is 2.50 bits per heavy atom. The van der Waals surface area contributed by atoms with Crippen molar-refractivity contribution in [1.29, 1.82) is 0 Å². The van der Waals surface area contributed by atoms with Gasteiger partial charge in [0.25, 0.3) is 0 Å². The number of nitrogens with one attached hydrogen (secondary N) is 1. The molecule has 28 heavy (non-hydrogen) atoms. The molecular weight excluding hydrogens is 358 g/mol. The van der Waals surface area contributed by atoms with E-state index < -0.39 is 11.5 Å². The molecule has 0 atom stereocenters. The molecule has 0 bridgehead atoms. The number of aryl methyl sites for hydroxylation is 1. The van der Waals surface area contributed by atoms with Crippen LogP contribution in [0, 0.1) is 0 Å². The molecule has 1 aromatic carbocycles. The highest BCUT2D eigenvalue weighted by Crippen LogP contribution is 2.32. The second-order valence-electron chi connectivity index (χ2n) is 7.89. The zero-order chi connectivity index (χ0) is 20.1. The van der Waals surface area contributed by atoms with E-state index in [4.69, 9.17) is 9.63 Å². The van der Waals surface area contributed by atoms with Crippen molar-refractivity contribution in [3.05, 3.63) is 35.7 Å². The summed E-state index contributed by atoms with van der Waals surface area (Å²) in [6.07, 6.45) is 3.79. The molecule has 0 saturated heterocycles. The summed E-state index contributed by atoms with van der Waals surface area (Å²) < 4.78 is 5.27. The van der Waals surface area contributed by atoms with Crippen molar-refractivity contribution in [3.63, 3.8) is 0 Å². The first-order valence-electron chi connectivity index (χ1n) is 9.83. The Morgan fingerprint density at radius 2 is 1.89 bits per heavy atom. The van der Waals surface area contributed by atoms with Crippen LogP contribution in [0.1, 0.15) is 69.7 Å². The Bertz CT molecular complexity index is 820. The minimum absolute atomic E-state index is 0.0319. The number of carbonyl (C=O) groups is 2. The number of hydrogen-bond donors (Lipinski definition) is 2. The first kappa shape index (κ1) is 20.0. The van der Waals surface area contributed by atoms with Gasteiger partial charge in [0.2, 0.25) is 17.6 Å². The Balaban J connectivity index is 1.56. The van der Waals surface area contributed by atoms with Gasteiger partial charge in [-0.15, -0.1) is 0 Å². The molecule has 1 heterocycles. The van der Waals surface area contributed by atoms with Crippen molar-refractivity contribution < 1.29 is 19.2 Å². The second kappa shape index (κ2) is 8.54. The summed E-state index contributed by atoms with van der Waals surface area (Å²) in [5, 5.41) is 16.1. The van der Waals surface area contributed by atoms with Crippen LogP contribution in [0.4, 0.5) is 0 Å². The van der Waals surface area contributed by atoms with E-state index in [9.17, 15) is 9.59 Å². The maximum Gasteiger partial charge on any atom is 0.305 e. The van der Waals surface area contributed by atoms with Gasteiger partial charge in [0, 0.05) is 18.4 Å². The third-order valence-electron chi connectivity index (χ3n) is 5.32. The van der Waals surface area contributed by atoms with Crippen LogP contribution < -0.4 is 5.32 Å². The average Bonchev–Trinajstić information content (AvgIpc) is 3.29. The van der Waals surface area contributed by atoms with Gasteiger partial charge in [-0.05, 0) is 24.3 Å². The number of benzene rings is 1. The summed E-state index contributed by atoms with van der Waals surface area (Å²) >= 11 is 0. The van der Waals surface area contributed by atoms with Gasteiger partial charge >= 0.3 is 5.97 Å². The van der Waals surface area contributed by atoms with Crippen LogP contribution in [0.25, 0.3) is 11.4 Å². The molecule has 1 amide bonds. The normalized spacial score (nSPS) is 15.7. The van der Waals surface area contributed by atoms with Crippen molar-refractivity contribution >= 4 is 11.9 Å². The molecule has 150 valence electrons. The predicted octanol–water partition coefficient (Wildman–Crippen LogP) is 3.70. The number of aromatic nitrogens is 2. The molecule has 2 N–H and O–H groups in total. The summed E-state index contributed by atoms with van der Waals surface area (Å²) in [4.78, 5) is 27.8. The van der Waals surface area contributed by atoms with Crippen molar-refractivity contribution in [2.24, 2.45) is 0 Å². The third-order valence-corrected chi connectivity index (χ3v) is 5.32. The maximum absolute atomic E-state index is 12.3. The molecular formula is C21H27N3O4. The lowest BCUT2D eigenvalue weighted by Crippen LogP contribution is -2.47. The second-order valence-corrected chi connectivity index (χ2v) is 7.89. The van der Waals surface area contributed by atoms with E-state index in [1.54, 1.807) is 0 Å². The van der Waals surface area contributed by atoms with Crippen LogP contribution >= 0.6 is 0 Å². The van der Waals surface area contributed by atoms with Gasteiger partial charge in [-0.1, -0.05) is 56.1 Å². The topological polar surface area (TPSA) is 105 Å². The Labute approximate surface area is 164 Å². The summed E-state index contributed by atoms with van der Waals surface area (Å²) in [5.74, 6) is 0.301. The van der Waals surface area contributed by atoms with Gasteiger partial charge in [0.15, 0.2) is 0 Å². The molecule has 1 saturated carbocycles. The zero-order valence-corrected chi connectivity index (χ0v) is 16.4. The molecule has 0 spiro atoms. The fraction of sp³-hybridized carbons (Fsp3) is 0.524.